The van der Waals surface area contributed by atoms with Crippen LogP contribution < -0.4 is 0 Å². The number of aromatic carboxylic acids is 4. The zero-order valence-electron chi connectivity index (χ0n) is 25.4. The van der Waals surface area contributed by atoms with Crippen molar-refractivity contribution in [2.75, 3.05) is 0 Å². The number of hydrogen-bond acceptors (Lipinski definition) is 14. The van der Waals surface area contributed by atoms with Gasteiger partial charge in [-0.3, -0.25) is 9.59 Å². The Bertz CT molecular complexity index is 1870. The van der Waals surface area contributed by atoms with Crippen molar-refractivity contribution < 1.29 is 49.2 Å². The quantitative estimate of drug-likeness (QED) is 0.0655. The topological polar surface area (TPSA) is 183 Å². The van der Waals surface area contributed by atoms with Gasteiger partial charge in [-0.25, -0.2) is 19.2 Å². The second-order valence-corrected chi connectivity index (χ2v) is 19.0. The Morgan fingerprint density at radius 1 is 0.340 bits per heavy atom. The highest BCUT2D eigenvalue weighted by molar-refractivity contribution is 8.77. The summed E-state index contributed by atoms with van der Waals surface area (Å²) in [5.41, 5.74) is 0.0555. The molecule has 0 bridgehead atoms. The highest BCUT2D eigenvalue weighted by Crippen LogP contribution is 2.46. The third-order valence-corrected chi connectivity index (χ3v) is 14.3. The number of benzene rings is 4. The minimum atomic E-state index is -1.15. The van der Waals surface area contributed by atoms with Gasteiger partial charge < -0.3 is 20.4 Å². The van der Waals surface area contributed by atoms with Crippen molar-refractivity contribution in [2.45, 2.75) is 53.0 Å². The maximum Gasteiger partial charge on any atom is 0.335 e. The molecule has 0 saturated carbocycles. The molecule has 4 N–H and O–H groups in total. The van der Waals surface area contributed by atoms with Crippen molar-refractivity contribution >= 4 is 122 Å². The minimum absolute atomic E-state index is 0.0105. The first-order chi connectivity index (χ1) is 23.6. The van der Waals surface area contributed by atoms with E-state index < -0.39 is 23.9 Å². The maximum atomic E-state index is 12.0. The van der Waals surface area contributed by atoms with E-state index in [1.807, 2.05) is 0 Å². The van der Waals surface area contributed by atoms with Crippen molar-refractivity contribution in [3.8, 4) is 0 Å². The van der Waals surface area contributed by atoms with Gasteiger partial charge in [0.1, 0.15) is 0 Å². The molecule has 0 spiro atoms. The number of carbonyl (C=O) groups is 6. The molecule has 258 valence electrons. The maximum absolute atomic E-state index is 12.0. The zero-order valence-corrected chi connectivity index (χ0v) is 32.0. The summed E-state index contributed by atoms with van der Waals surface area (Å²) in [5, 5.41) is 38.1. The molecule has 0 atom stereocenters. The lowest BCUT2D eigenvalue weighted by Crippen LogP contribution is -1.97. The van der Waals surface area contributed by atoms with E-state index in [0.717, 1.165) is 23.5 Å². The second-order valence-electron chi connectivity index (χ2n) is 9.68. The number of carboxylic acid groups (broad SMARTS) is 4. The summed E-state index contributed by atoms with van der Waals surface area (Å²) < 4.78 is 0. The van der Waals surface area contributed by atoms with E-state index in [0.29, 0.717) is 39.2 Å². The standard InChI is InChI=1S/C32H22O10S8/c1-15(33)43-21-3-17(29(35)36)5-23(11-21)45-47-25-7-19(31(39)40)9-27(13-25)49-50-28-10-20(32(41)42)8-26(14-28)48-46-24-6-18(30(37)38)4-22(12-24)44-16(2)34/h3-14H,1-2H3,(H,35,36)(H,37,38)(H,39,40)(H,41,42). The molecule has 18 heteroatoms. The summed E-state index contributed by atoms with van der Waals surface area (Å²) >= 11 is 1.81. The van der Waals surface area contributed by atoms with Crippen LogP contribution in [0.1, 0.15) is 55.3 Å². The minimum Gasteiger partial charge on any atom is -0.478 e. The number of carbonyl (C=O) groups excluding carboxylic acids is 2. The van der Waals surface area contributed by atoms with Gasteiger partial charge in [0.2, 0.25) is 0 Å². The Kier molecular flexibility index (Phi) is 14.6. The number of carboxylic acids is 4. The van der Waals surface area contributed by atoms with Gasteiger partial charge in [-0.1, -0.05) is 88.3 Å². The van der Waals surface area contributed by atoms with Crippen LogP contribution in [0.15, 0.2) is 112 Å². The van der Waals surface area contributed by atoms with Crippen LogP contribution >= 0.6 is 88.3 Å². The van der Waals surface area contributed by atoms with Crippen molar-refractivity contribution in [3.63, 3.8) is 0 Å². The second kappa shape index (κ2) is 18.4. The molecule has 4 aromatic carbocycles. The molecule has 0 amide bonds. The molecule has 0 aliphatic heterocycles. The fourth-order valence-electron chi connectivity index (χ4n) is 3.81. The highest BCUT2D eigenvalue weighted by Gasteiger charge is 2.15. The predicted molar refractivity (Wildman–Crippen MR) is 202 cm³/mol. The van der Waals surface area contributed by atoms with Crippen molar-refractivity contribution in [1.29, 1.82) is 0 Å². The van der Waals surface area contributed by atoms with Crippen LogP contribution in [0.25, 0.3) is 0 Å². The van der Waals surface area contributed by atoms with Gasteiger partial charge in [0, 0.05) is 53.0 Å². The van der Waals surface area contributed by atoms with Gasteiger partial charge in [-0.05, 0) is 72.8 Å². The molecule has 10 nitrogen and oxygen atoms in total. The van der Waals surface area contributed by atoms with Crippen LogP contribution in [0.5, 0.6) is 0 Å². The Balaban J connectivity index is 1.53. The van der Waals surface area contributed by atoms with Crippen LogP contribution in [0, 0.1) is 0 Å². The molecule has 0 unspecified atom stereocenters. The number of rotatable bonds is 15. The molecule has 50 heavy (non-hydrogen) atoms. The summed E-state index contributed by atoms with van der Waals surface area (Å²) in [5.74, 6) is -4.61. The molecule has 0 aliphatic rings. The summed E-state index contributed by atoms with van der Waals surface area (Å²) in [6, 6.07) is 18.6. The van der Waals surface area contributed by atoms with E-state index in [-0.39, 0.29) is 32.5 Å². The third-order valence-electron chi connectivity index (χ3n) is 5.73. The zero-order chi connectivity index (χ0) is 36.5. The summed E-state index contributed by atoms with van der Waals surface area (Å²) in [4.78, 5) is 74.7. The molecule has 0 aliphatic carbocycles. The Morgan fingerprint density at radius 3 is 0.700 bits per heavy atom. The molecular weight excluding hydrogens is 801 g/mol. The van der Waals surface area contributed by atoms with Gasteiger partial charge in [-0.15, -0.1) is 0 Å². The van der Waals surface area contributed by atoms with Crippen LogP contribution in [-0.2, 0) is 9.59 Å². The third kappa shape index (κ3) is 12.3. The fraction of sp³-hybridized carbons (Fsp3) is 0.0625. The average Bonchev–Trinajstić information content (AvgIpc) is 3.04. The predicted octanol–water partition coefficient (Wildman–Crippen LogP) is 10.2. The molecule has 0 fully saturated rings. The average molecular weight is 823 g/mol. The summed E-state index contributed by atoms with van der Waals surface area (Å²) in [6.07, 6.45) is 0. The van der Waals surface area contributed by atoms with Gasteiger partial charge in [0.05, 0.1) is 22.3 Å². The van der Waals surface area contributed by atoms with Crippen LogP contribution in [0.2, 0.25) is 0 Å². The van der Waals surface area contributed by atoms with Gasteiger partial charge in [0.15, 0.2) is 10.2 Å². The first kappa shape index (κ1) is 39.7. The smallest absolute Gasteiger partial charge is 0.335 e. The van der Waals surface area contributed by atoms with Crippen molar-refractivity contribution in [3.05, 3.63) is 95.1 Å². The van der Waals surface area contributed by atoms with Crippen molar-refractivity contribution in [2.24, 2.45) is 0 Å². The van der Waals surface area contributed by atoms with E-state index in [1.54, 1.807) is 24.3 Å². The van der Waals surface area contributed by atoms with Gasteiger partial charge in [0.25, 0.3) is 0 Å². The van der Waals surface area contributed by atoms with Crippen LogP contribution in [-0.4, -0.2) is 54.5 Å². The molecule has 0 radical (unpaired) electrons. The molecule has 4 rings (SSSR count). The van der Waals surface area contributed by atoms with E-state index >= 15 is 0 Å². The molecule has 4 aromatic rings. The molecule has 0 saturated heterocycles. The van der Waals surface area contributed by atoms with E-state index in [9.17, 15) is 49.2 Å². The Morgan fingerprint density at radius 2 is 0.520 bits per heavy atom. The fourth-order valence-corrected chi connectivity index (χ4v) is 11.7. The number of hydrogen-bond donors (Lipinski definition) is 4. The van der Waals surface area contributed by atoms with E-state index in [4.69, 9.17) is 0 Å². The SMILES string of the molecule is CC(=O)Sc1cc(SSc2cc(SSc3cc(SSc4cc(SC(C)=O)cc(C(=O)O)c4)cc(C(=O)O)c3)cc(C(=O)O)c2)cc(C(=O)O)c1. The molecule has 0 aromatic heterocycles. The van der Waals surface area contributed by atoms with Crippen molar-refractivity contribution in [1.82, 2.24) is 0 Å². The molecule has 0 heterocycles. The van der Waals surface area contributed by atoms with E-state index in [1.165, 1.54) is 127 Å². The lowest BCUT2D eigenvalue weighted by atomic mass is 10.2. The molecular formula is C32H22O10S8. The number of thioether (sulfide) groups is 2. The Hall–Kier alpha value is -3.10. The normalized spacial score (nSPS) is 10.8. The highest BCUT2D eigenvalue weighted by atomic mass is 33.1. The lowest BCUT2D eigenvalue weighted by Gasteiger charge is -2.10. The first-order valence-electron chi connectivity index (χ1n) is 13.6. The summed E-state index contributed by atoms with van der Waals surface area (Å²) in [6.45, 7) is 2.75. The Labute approximate surface area is 317 Å². The van der Waals surface area contributed by atoms with Crippen LogP contribution in [0.4, 0.5) is 0 Å². The van der Waals surface area contributed by atoms with Crippen LogP contribution in [0.3, 0.4) is 0 Å². The van der Waals surface area contributed by atoms with E-state index in [2.05, 4.69) is 0 Å². The first-order valence-corrected chi connectivity index (χ1v) is 21.7. The largest absolute Gasteiger partial charge is 0.478 e. The summed E-state index contributed by atoms with van der Waals surface area (Å²) in [7, 11) is 7.27. The van der Waals surface area contributed by atoms with Gasteiger partial charge in [-0.2, -0.15) is 0 Å². The van der Waals surface area contributed by atoms with Gasteiger partial charge >= 0.3 is 23.9 Å². The monoisotopic (exact) mass is 822 g/mol. The lowest BCUT2D eigenvalue weighted by molar-refractivity contribution is -0.109.